The van der Waals surface area contributed by atoms with E-state index in [1.807, 2.05) is 0 Å². The summed E-state index contributed by atoms with van der Waals surface area (Å²) in [7, 11) is 0. The molecule has 3 heteroatoms. The van der Waals surface area contributed by atoms with Crippen LogP contribution in [0.5, 0.6) is 0 Å². The first-order valence-corrected chi connectivity index (χ1v) is 6.98. The summed E-state index contributed by atoms with van der Waals surface area (Å²) in [6, 6.07) is 0. The molecule has 2 bridgehead atoms. The molecular formula is C15H21NO2. The van der Waals surface area contributed by atoms with Crippen molar-refractivity contribution in [3.05, 3.63) is 24.8 Å². The number of hydrogen-bond acceptors (Lipinski definition) is 2. The van der Waals surface area contributed by atoms with Crippen LogP contribution in [0.15, 0.2) is 24.8 Å². The van der Waals surface area contributed by atoms with Gasteiger partial charge in [-0.15, -0.1) is 0 Å². The van der Waals surface area contributed by atoms with Crippen molar-refractivity contribution in [2.24, 2.45) is 23.7 Å². The molecule has 5 atom stereocenters. The lowest BCUT2D eigenvalue weighted by Gasteiger charge is -2.31. The molecule has 0 radical (unpaired) electrons. The zero-order valence-corrected chi connectivity index (χ0v) is 10.7. The third-order valence-corrected chi connectivity index (χ3v) is 4.87. The maximum atomic E-state index is 11.0. The minimum absolute atomic E-state index is 0.120. The molecule has 3 aliphatic carbocycles. The van der Waals surface area contributed by atoms with Gasteiger partial charge in [-0.25, -0.2) is 0 Å². The largest absolute Gasteiger partial charge is 0.376 e. The quantitative estimate of drug-likeness (QED) is 0.458. The normalized spacial score (nSPS) is 39.9. The predicted octanol–water partition coefficient (Wildman–Crippen LogP) is 1.91. The fraction of sp³-hybridized carbons (Fsp3) is 0.667. The molecule has 0 spiro atoms. The molecule has 0 aromatic carbocycles. The van der Waals surface area contributed by atoms with Crippen LogP contribution in [0.2, 0.25) is 0 Å². The van der Waals surface area contributed by atoms with Crippen LogP contribution in [0.4, 0.5) is 0 Å². The molecule has 18 heavy (non-hydrogen) atoms. The highest BCUT2D eigenvalue weighted by Gasteiger charge is 2.52. The predicted molar refractivity (Wildman–Crippen MR) is 69.9 cm³/mol. The Kier molecular flexibility index (Phi) is 3.25. The Morgan fingerprint density at radius 2 is 2.33 bits per heavy atom. The molecule has 2 saturated carbocycles. The van der Waals surface area contributed by atoms with E-state index in [4.69, 9.17) is 4.74 Å². The fourth-order valence-electron chi connectivity index (χ4n) is 4.13. The van der Waals surface area contributed by atoms with Gasteiger partial charge in [0, 0.05) is 6.54 Å². The maximum absolute atomic E-state index is 11.0. The molecule has 98 valence electrons. The van der Waals surface area contributed by atoms with Gasteiger partial charge in [-0.05, 0) is 49.0 Å². The Morgan fingerprint density at radius 3 is 3.17 bits per heavy atom. The van der Waals surface area contributed by atoms with Crippen molar-refractivity contribution in [3.8, 4) is 0 Å². The van der Waals surface area contributed by atoms with E-state index in [1.165, 1.54) is 25.3 Å². The molecule has 0 heterocycles. The van der Waals surface area contributed by atoms with Gasteiger partial charge < -0.3 is 10.1 Å². The highest BCUT2D eigenvalue weighted by molar-refractivity contribution is 5.86. The van der Waals surface area contributed by atoms with Gasteiger partial charge in [0.15, 0.2) is 0 Å². The topological polar surface area (TPSA) is 38.3 Å². The Bertz CT molecular complexity index is 377. The van der Waals surface area contributed by atoms with Crippen molar-refractivity contribution >= 4 is 5.91 Å². The summed E-state index contributed by atoms with van der Waals surface area (Å²) in [4.78, 5) is 11.0. The molecule has 0 aromatic heterocycles. The van der Waals surface area contributed by atoms with Crippen LogP contribution in [0.25, 0.3) is 0 Å². The summed E-state index contributed by atoms with van der Waals surface area (Å²) in [5, 5.41) is 2.75. The zero-order chi connectivity index (χ0) is 12.5. The second kappa shape index (κ2) is 4.88. The highest BCUT2D eigenvalue weighted by atomic mass is 16.5. The average Bonchev–Trinajstić information content (AvgIpc) is 3.05. The van der Waals surface area contributed by atoms with Gasteiger partial charge in [0.25, 0.3) is 0 Å². The number of carbonyl (C=O) groups is 1. The summed E-state index contributed by atoms with van der Waals surface area (Å²) in [6.07, 6.45) is 10.3. The van der Waals surface area contributed by atoms with Crippen molar-refractivity contribution in [3.63, 3.8) is 0 Å². The first-order valence-electron chi connectivity index (χ1n) is 6.98. The lowest BCUT2D eigenvalue weighted by Crippen LogP contribution is -2.33. The lowest BCUT2D eigenvalue weighted by molar-refractivity contribution is -0.116. The Labute approximate surface area is 108 Å². The zero-order valence-electron chi connectivity index (χ0n) is 10.7. The summed E-state index contributed by atoms with van der Waals surface area (Å²) in [5.74, 6) is 3.17. The van der Waals surface area contributed by atoms with Crippen LogP contribution in [0.1, 0.15) is 19.3 Å². The van der Waals surface area contributed by atoms with Crippen molar-refractivity contribution < 1.29 is 9.53 Å². The van der Waals surface area contributed by atoms with E-state index in [2.05, 4.69) is 24.0 Å². The standard InChI is InChI=1S/C15H21NO2/c1-2-15(17)16-6-7-18-14-9-10-8-13(14)12-5-3-4-11(10)12/h2-3,5,10-14H,1,4,6-9H2,(H,16,17). The summed E-state index contributed by atoms with van der Waals surface area (Å²) in [5.41, 5.74) is 0. The molecule has 5 unspecified atom stereocenters. The Balaban J connectivity index is 1.44. The Morgan fingerprint density at radius 1 is 1.44 bits per heavy atom. The number of hydrogen-bond donors (Lipinski definition) is 1. The van der Waals surface area contributed by atoms with Crippen LogP contribution in [0.3, 0.4) is 0 Å². The van der Waals surface area contributed by atoms with Crippen LogP contribution in [-0.4, -0.2) is 25.2 Å². The molecule has 1 amide bonds. The van der Waals surface area contributed by atoms with Crippen LogP contribution >= 0.6 is 0 Å². The van der Waals surface area contributed by atoms with Gasteiger partial charge in [0.1, 0.15) is 0 Å². The maximum Gasteiger partial charge on any atom is 0.243 e. The first-order chi connectivity index (χ1) is 8.79. The molecule has 2 fully saturated rings. The molecule has 1 N–H and O–H groups in total. The van der Waals surface area contributed by atoms with Crippen LogP contribution in [-0.2, 0) is 9.53 Å². The third kappa shape index (κ3) is 2.01. The number of carbonyl (C=O) groups excluding carboxylic acids is 1. The molecule has 0 saturated heterocycles. The fourth-order valence-corrected chi connectivity index (χ4v) is 4.13. The minimum Gasteiger partial charge on any atom is -0.376 e. The average molecular weight is 247 g/mol. The summed E-state index contributed by atoms with van der Waals surface area (Å²) >= 11 is 0. The second-order valence-corrected chi connectivity index (χ2v) is 5.70. The lowest BCUT2D eigenvalue weighted by atomic mass is 9.80. The van der Waals surface area contributed by atoms with E-state index in [1.54, 1.807) is 0 Å². The number of rotatable bonds is 5. The van der Waals surface area contributed by atoms with E-state index in [0.29, 0.717) is 19.3 Å². The van der Waals surface area contributed by atoms with Crippen molar-refractivity contribution in [1.82, 2.24) is 5.32 Å². The summed E-state index contributed by atoms with van der Waals surface area (Å²) < 4.78 is 5.96. The first kappa shape index (κ1) is 12.0. The number of amides is 1. The number of nitrogens with one attached hydrogen (secondary N) is 1. The van der Waals surface area contributed by atoms with Crippen molar-refractivity contribution in [2.45, 2.75) is 25.4 Å². The van der Waals surface area contributed by atoms with Crippen molar-refractivity contribution in [2.75, 3.05) is 13.2 Å². The number of fused-ring (bicyclic) bond motifs is 5. The minimum atomic E-state index is -0.120. The smallest absolute Gasteiger partial charge is 0.243 e. The van der Waals surface area contributed by atoms with Gasteiger partial charge in [0.2, 0.25) is 5.91 Å². The molecule has 0 aromatic rings. The monoisotopic (exact) mass is 247 g/mol. The highest BCUT2D eigenvalue weighted by Crippen LogP contribution is 2.57. The van der Waals surface area contributed by atoms with E-state index in [0.717, 1.165) is 23.7 Å². The van der Waals surface area contributed by atoms with E-state index in [-0.39, 0.29) is 5.91 Å². The van der Waals surface area contributed by atoms with E-state index >= 15 is 0 Å². The van der Waals surface area contributed by atoms with E-state index in [9.17, 15) is 4.79 Å². The molecule has 3 aliphatic rings. The van der Waals surface area contributed by atoms with Gasteiger partial charge in [-0.2, -0.15) is 0 Å². The van der Waals surface area contributed by atoms with Gasteiger partial charge in [-0.1, -0.05) is 18.7 Å². The molecular weight excluding hydrogens is 226 g/mol. The summed E-state index contributed by atoms with van der Waals surface area (Å²) in [6.45, 7) is 4.63. The molecule has 3 rings (SSSR count). The molecule has 3 nitrogen and oxygen atoms in total. The molecule has 0 aliphatic heterocycles. The second-order valence-electron chi connectivity index (χ2n) is 5.70. The Hall–Kier alpha value is -1.09. The van der Waals surface area contributed by atoms with Crippen LogP contribution < -0.4 is 5.32 Å². The number of ether oxygens (including phenoxy) is 1. The number of allylic oxidation sites excluding steroid dienone is 2. The van der Waals surface area contributed by atoms with Gasteiger partial charge in [0.05, 0.1) is 12.7 Å². The van der Waals surface area contributed by atoms with E-state index < -0.39 is 0 Å². The van der Waals surface area contributed by atoms with Crippen molar-refractivity contribution in [1.29, 1.82) is 0 Å². The van der Waals surface area contributed by atoms with Gasteiger partial charge >= 0.3 is 0 Å². The van der Waals surface area contributed by atoms with Crippen LogP contribution in [0, 0.1) is 23.7 Å². The third-order valence-electron chi connectivity index (χ3n) is 4.87. The van der Waals surface area contributed by atoms with Gasteiger partial charge in [-0.3, -0.25) is 4.79 Å². The SMILES string of the molecule is C=CC(=O)NCCOC1CC2CC1C1C=CCC21.